The van der Waals surface area contributed by atoms with E-state index in [4.69, 9.17) is 14.7 Å². The molecule has 0 bridgehead atoms. The van der Waals surface area contributed by atoms with Gasteiger partial charge in [-0.15, -0.1) is 0 Å². The first-order valence-corrected chi connectivity index (χ1v) is 13.1. The van der Waals surface area contributed by atoms with Crippen LogP contribution >= 0.6 is 0 Å². The summed E-state index contributed by atoms with van der Waals surface area (Å²) in [6.07, 6.45) is 20.8. The molecule has 3 heteroatoms. The van der Waals surface area contributed by atoms with E-state index in [2.05, 4.69) is 18.2 Å². The first-order valence-electron chi connectivity index (χ1n) is 13.1. The highest BCUT2D eigenvalue weighted by Gasteiger charge is 2.34. The molecule has 0 radical (unpaired) electrons. The van der Waals surface area contributed by atoms with Crippen molar-refractivity contribution >= 4 is 5.90 Å². The Balaban J connectivity index is 1.37. The van der Waals surface area contributed by atoms with E-state index in [1.165, 1.54) is 102 Å². The molecule has 3 nitrogen and oxygen atoms in total. The normalized spacial score (nSPS) is 27.2. The second-order valence-corrected chi connectivity index (χ2v) is 10.5. The van der Waals surface area contributed by atoms with Crippen LogP contribution in [0.4, 0.5) is 0 Å². The van der Waals surface area contributed by atoms with Crippen molar-refractivity contribution in [2.45, 2.75) is 108 Å². The Bertz CT molecular complexity index is 693. The lowest BCUT2D eigenvalue weighted by molar-refractivity contribution is 0.199. The Hall–Kier alpha value is -1.38. The van der Waals surface area contributed by atoms with Crippen LogP contribution < -0.4 is 0 Å². The molecule has 1 atom stereocenters. The van der Waals surface area contributed by atoms with Crippen LogP contribution in [0.1, 0.15) is 114 Å². The van der Waals surface area contributed by atoms with E-state index in [-0.39, 0.29) is 0 Å². The highest BCUT2D eigenvalue weighted by atomic mass is 16.5. The van der Waals surface area contributed by atoms with Gasteiger partial charge in [0.1, 0.15) is 12.3 Å². The van der Waals surface area contributed by atoms with Crippen molar-refractivity contribution < 1.29 is 4.74 Å². The molecule has 1 unspecified atom stereocenters. The average Bonchev–Trinajstić information content (AvgIpc) is 3.32. The molecule has 1 aromatic heterocycles. The monoisotopic (exact) mass is 408 g/mol. The molecule has 30 heavy (non-hydrogen) atoms. The Morgan fingerprint density at radius 3 is 1.97 bits per heavy atom. The van der Waals surface area contributed by atoms with Crippen LogP contribution in [0.25, 0.3) is 0 Å². The smallest absolute Gasteiger partial charge is 0.235 e. The number of ether oxygens (including phenoxy) is 1. The first-order chi connectivity index (χ1) is 14.9. The lowest BCUT2D eigenvalue weighted by atomic mass is 9.68. The standard InChI is InChI=1S/C27H40N2O/c1-4-11-20(12-5-1)25-19-30-27(29-25)24-18-10-17-23(28-24)26(21-13-6-2-7-14-21)22-15-8-3-9-16-22/h10,17-18,20-22,25-26H,1-9,11-16,19H2. The summed E-state index contributed by atoms with van der Waals surface area (Å²) in [5, 5.41) is 0. The maximum Gasteiger partial charge on any atom is 0.235 e. The minimum atomic E-state index is 0.359. The molecule has 0 saturated heterocycles. The third-order valence-electron chi connectivity index (χ3n) is 8.51. The molecular weight excluding hydrogens is 368 g/mol. The van der Waals surface area contributed by atoms with Gasteiger partial charge >= 0.3 is 0 Å². The van der Waals surface area contributed by atoms with Crippen molar-refractivity contribution in [3.05, 3.63) is 29.6 Å². The molecule has 2 heterocycles. The van der Waals surface area contributed by atoms with E-state index in [0.29, 0.717) is 12.0 Å². The molecule has 164 valence electrons. The topological polar surface area (TPSA) is 34.5 Å². The van der Waals surface area contributed by atoms with Crippen LogP contribution in [0.2, 0.25) is 0 Å². The molecule has 3 aliphatic carbocycles. The third kappa shape index (κ3) is 4.60. The predicted octanol–water partition coefficient (Wildman–Crippen LogP) is 7.05. The van der Waals surface area contributed by atoms with Gasteiger partial charge in [-0.25, -0.2) is 9.98 Å². The zero-order valence-corrected chi connectivity index (χ0v) is 18.7. The van der Waals surface area contributed by atoms with Gasteiger partial charge in [0.25, 0.3) is 0 Å². The highest BCUT2D eigenvalue weighted by molar-refractivity contribution is 5.93. The van der Waals surface area contributed by atoms with Gasteiger partial charge in [0.05, 0.1) is 6.04 Å². The van der Waals surface area contributed by atoms with Crippen LogP contribution in [0, 0.1) is 17.8 Å². The number of hydrogen-bond donors (Lipinski definition) is 0. The molecule has 0 spiro atoms. The summed E-state index contributed by atoms with van der Waals surface area (Å²) in [6.45, 7) is 0.764. The van der Waals surface area contributed by atoms with Gasteiger partial charge in [-0.3, -0.25) is 0 Å². The van der Waals surface area contributed by atoms with Crippen LogP contribution in [0.5, 0.6) is 0 Å². The van der Waals surface area contributed by atoms with Gasteiger partial charge in [0, 0.05) is 11.6 Å². The van der Waals surface area contributed by atoms with Crippen molar-refractivity contribution in [3.8, 4) is 0 Å². The fraction of sp³-hybridized carbons (Fsp3) is 0.778. The SMILES string of the molecule is c1cc(C2=NC(C3CCCCC3)CO2)nc(C(C2CCCCC2)C2CCCCC2)c1. The third-order valence-corrected chi connectivity index (χ3v) is 8.51. The van der Waals surface area contributed by atoms with E-state index in [1.54, 1.807) is 0 Å². The van der Waals surface area contributed by atoms with Crippen LogP contribution in [0.15, 0.2) is 23.2 Å². The lowest BCUT2D eigenvalue weighted by Crippen LogP contribution is -2.26. The number of nitrogens with zero attached hydrogens (tertiary/aromatic N) is 2. The Kier molecular flexibility index (Phi) is 6.72. The molecule has 0 N–H and O–H groups in total. The maximum atomic E-state index is 6.12. The van der Waals surface area contributed by atoms with Gasteiger partial charge in [-0.1, -0.05) is 63.9 Å². The van der Waals surface area contributed by atoms with Crippen molar-refractivity contribution in [2.75, 3.05) is 6.61 Å². The summed E-state index contributed by atoms with van der Waals surface area (Å²) in [7, 11) is 0. The minimum absolute atomic E-state index is 0.359. The molecule has 4 aliphatic rings. The van der Waals surface area contributed by atoms with Crippen molar-refractivity contribution in [3.63, 3.8) is 0 Å². The second kappa shape index (κ2) is 9.83. The Labute approximate surface area is 183 Å². The maximum absolute atomic E-state index is 6.12. The zero-order chi connectivity index (χ0) is 20.2. The van der Waals surface area contributed by atoms with Gasteiger partial charge < -0.3 is 4.74 Å². The fourth-order valence-electron chi connectivity index (χ4n) is 6.90. The molecule has 5 rings (SSSR count). The summed E-state index contributed by atoms with van der Waals surface area (Å²) < 4.78 is 6.12. The molecule has 3 fully saturated rings. The van der Waals surface area contributed by atoms with Gasteiger partial charge in [-0.2, -0.15) is 0 Å². The van der Waals surface area contributed by atoms with E-state index in [0.717, 1.165) is 36.0 Å². The number of hydrogen-bond acceptors (Lipinski definition) is 3. The van der Waals surface area contributed by atoms with Crippen LogP contribution in [0.3, 0.4) is 0 Å². The van der Waals surface area contributed by atoms with Crippen LogP contribution in [-0.2, 0) is 4.74 Å². The second-order valence-electron chi connectivity index (χ2n) is 10.5. The van der Waals surface area contributed by atoms with Gasteiger partial charge in [0.15, 0.2) is 0 Å². The number of rotatable bonds is 5. The zero-order valence-electron chi connectivity index (χ0n) is 18.7. The molecule has 0 amide bonds. The fourth-order valence-corrected chi connectivity index (χ4v) is 6.90. The van der Waals surface area contributed by atoms with E-state index >= 15 is 0 Å². The lowest BCUT2D eigenvalue weighted by Gasteiger charge is -2.37. The Morgan fingerprint density at radius 1 is 0.733 bits per heavy atom. The largest absolute Gasteiger partial charge is 0.474 e. The average molecular weight is 409 g/mol. The minimum Gasteiger partial charge on any atom is -0.474 e. The summed E-state index contributed by atoms with van der Waals surface area (Å²) in [6, 6.07) is 7.02. The Morgan fingerprint density at radius 2 is 1.33 bits per heavy atom. The van der Waals surface area contributed by atoms with Gasteiger partial charge in [0.2, 0.25) is 5.90 Å². The number of aromatic nitrogens is 1. The summed E-state index contributed by atoms with van der Waals surface area (Å²) in [5.74, 6) is 3.83. The van der Waals surface area contributed by atoms with E-state index in [1.807, 2.05) is 0 Å². The number of pyridine rings is 1. The summed E-state index contributed by atoms with van der Waals surface area (Å²) in [4.78, 5) is 10.3. The molecule has 1 aliphatic heterocycles. The predicted molar refractivity (Wildman–Crippen MR) is 123 cm³/mol. The molecule has 3 saturated carbocycles. The molecular formula is C27H40N2O. The molecule has 1 aromatic rings. The summed E-state index contributed by atoms with van der Waals surface area (Å²) in [5.41, 5.74) is 2.32. The van der Waals surface area contributed by atoms with Crippen molar-refractivity contribution in [2.24, 2.45) is 22.7 Å². The number of aliphatic imine (C=N–C) groups is 1. The highest BCUT2D eigenvalue weighted by Crippen LogP contribution is 2.45. The summed E-state index contributed by atoms with van der Waals surface area (Å²) >= 11 is 0. The van der Waals surface area contributed by atoms with Crippen molar-refractivity contribution in [1.29, 1.82) is 0 Å². The van der Waals surface area contributed by atoms with Crippen LogP contribution in [-0.4, -0.2) is 23.5 Å². The van der Waals surface area contributed by atoms with Gasteiger partial charge in [-0.05, 0) is 68.4 Å². The van der Waals surface area contributed by atoms with E-state index < -0.39 is 0 Å². The van der Waals surface area contributed by atoms with E-state index in [9.17, 15) is 0 Å². The quantitative estimate of drug-likeness (QED) is 0.523. The first kappa shape index (κ1) is 20.5. The van der Waals surface area contributed by atoms with Crippen molar-refractivity contribution in [1.82, 2.24) is 4.98 Å². The molecule has 0 aromatic carbocycles.